The minimum atomic E-state index is -0.562. The van der Waals surface area contributed by atoms with E-state index in [1.54, 1.807) is 0 Å². The summed E-state index contributed by atoms with van der Waals surface area (Å²) < 4.78 is 10.1. The molecule has 22 heavy (non-hydrogen) atoms. The van der Waals surface area contributed by atoms with E-state index in [1.165, 1.54) is 84.2 Å². The van der Waals surface area contributed by atoms with Gasteiger partial charge in [0, 0.05) is 0 Å². The molecule has 1 heterocycles. The van der Waals surface area contributed by atoms with Gasteiger partial charge in [-0.3, -0.25) is 0 Å². The number of epoxide rings is 1. The van der Waals surface area contributed by atoms with Crippen LogP contribution < -0.4 is 0 Å². The van der Waals surface area contributed by atoms with Gasteiger partial charge in [0.1, 0.15) is 0 Å². The molecule has 0 amide bonds. The van der Waals surface area contributed by atoms with E-state index in [-0.39, 0.29) is 5.97 Å². The molecule has 1 saturated heterocycles. The Bertz CT molecular complexity index is 315. The van der Waals surface area contributed by atoms with Crippen LogP contribution in [-0.2, 0) is 14.3 Å². The summed E-state index contributed by atoms with van der Waals surface area (Å²) in [6, 6.07) is 0. The van der Waals surface area contributed by atoms with Crippen molar-refractivity contribution in [3.05, 3.63) is 0 Å². The van der Waals surface area contributed by atoms with Gasteiger partial charge < -0.3 is 9.47 Å². The Morgan fingerprint density at radius 2 is 1.59 bits per heavy atom. The SMILES string of the molecule is COC(=O)C1(CCCCCCCC2CCCCCCC2)CO1. The lowest BCUT2D eigenvalue weighted by Gasteiger charge is -2.19. The molecule has 1 aliphatic carbocycles. The molecule has 3 heteroatoms. The monoisotopic (exact) mass is 310 g/mol. The minimum Gasteiger partial charge on any atom is -0.467 e. The number of unbranched alkanes of at least 4 members (excludes halogenated alkanes) is 4. The molecule has 0 aromatic rings. The third-order valence-corrected chi connectivity index (χ3v) is 5.47. The predicted molar refractivity (Wildman–Crippen MR) is 88.8 cm³/mol. The number of methoxy groups -OCH3 is 1. The molecule has 3 nitrogen and oxygen atoms in total. The van der Waals surface area contributed by atoms with Crippen molar-refractivity contribution in [2.75, 3.05) is 13.7 Å². The van der Waals surface area contributed by atoms with Crippen LogP contribution in [0.4, 0.5) is 0 Å². The van der Waals surface area contributed by atoms with Crippen LogP contribution in [0.1, 0.15) is 89.9 Å². The van der Waals surface area contributed by atoms with E-state index >= 15 is 0 Å². The second kappa shape index (κ2) is 9.54. The molecule has 128 valence electrons. The summed E-state index contributed by atoms with van der Waals surface area (Å²) in [4.78, 5) is 11.5. The quantitative estimate of drug-likeness (QED) is 0.341. The molecule has 1 saturated carbocycles. The molecule has 0 N–H and O–H groups in total. The van der Waals surface area contributed by atoms with E-state index < -0.39 is 5.60 Å². The van der Waals surface area contributed by atoms with Crippen LogP contribution in [0.2, 0.25) is 0 Å². The molecule has 2 aliphatic rings. The van der Waals surface area contributed by atoms with Gasteiger partial charge in [0.15, 0.2) is 5.60 Å². The van der Waals surface area contributed by atoms with Gasteiger partial charge in [0.25, 0.3) is 0 Å². The van der Waals surface area contributed by atoms with Gasteiger partial charge in [0.05, 0.1) is 13.7 Å². The summed E-state index contributed by atoms with van der Waals surface area (Å²) in [5.74, 6) is 0.819. The molecule has 0 aromatic carbocycles. The third kappa shape index (κ3) is 5.91. The summed E-state index contributed by atoms with van der Waals surface area (Å²) in [5.41, 5.74) is -0.562. The fourth-order valence-corrected chi connectivity index (χ4v) is 3.84. The zero-order valence-corrected chi connectivity index (χ0v) is 14.4. The van der Waals surface area contributed by atoms with E-state index in [2.05, 4.69) is 0 Å². The van der Waals surface area contributed by atoms with E-state index in [0.29, 0.717) is 6.61 Å². The van der Waals surface area contributed by atoms with Crippen molar-refractivity contribution in [1.82, 2.24) is 0 Å². The number of ether oxygens (including phenoxy) is 2. The first-order valence-corrected chi connectivity index (χ1v) is 9.49. The van der Waals surface area contributed by atoms with Gasteiger partial charge >= 0.3 is 5.97 Å². The molecule has 2 fully saturated rings. The molecule has 0 aromatic heterocycles. The molecule has 2 rings (SSSR count). The fourth-order valence-electron chi connectivity index (χ4n) is 3.84. The van der Waals surface area contributed by atoms with Gasteiger partial charge in [-0.2, -0.15) is 0 Å². The first-order valence-electron chi connectivity index (χ1n) is 9.49. The molecular weight excluding hydrogens is 276 g/mol. The summed E-state index contributed by atoms with van der Waals surface area (Å²) >= 11 is 0. The molecule has 0 radical (unpaired) electrons. The number of rotatable bonds is 9. The molecule has 1 unspecified atom stereocenters. The first kappa shape index (κ1) is 17.8. The number of carbonyl (C=O) groups is 1. The first-order chi connectivity index (χ1) is 10.8. The van der Waals surface area contributed by atoms with E-state index in [0.717, 1.165) is 18.8 Å². The van der Waals surface area contributed by atoms with Crippen LogP contribution >= 0.6 is 0 Å². The maximum atomic E-state index is 11.5. The van der Waals surface area contributed by atoms with Gasteiger partial charge in [-0.05, 0) is 18.8 Å². The van der Waals surface area contributed by atoms with Crippen molar-refractivity contribution in [3.63, 3.8) is 0 Å². The second-order valence-electron chi connectivity index (χ2n) is 7.29. The highest BCUT2D eigenvalue weighted by molar-refractivity contribution is 5.82. The Labute approximate surface area is 136 Å². The predicted octanol–water partition coefficient (Wildman–Crippen LogP) is 5.02. The van der Waals surface area contributed by atoms with Crippen molar-refractivity contribution in [1.29, 1.82) is 0 Å². The van der Waals surface area contributed by atoms with Crippen molar-refractivity contribution >= 4 is 5.97 Å². The highest BCUT2D eigenvalue weighted by atomic mass is 16.6. The Kier molecular flexibility index (Phi) is 7.71. The minimum absolute atomic E-state index is 0.184. The lowest BCUT2D eigenvalue weighted by atomic mass is 9.87. The van der Waals surface area contributed by atoms with E-state index in [4.69, 9.17) is 9.47 Å². The number of hydrogen-bond donors (Lipinski definition) is 0. The summed E-state index contributed by atoms with van der Waals surface area (Å²) in [7, 11) is 1.45. The summed E-state index contributed by atoms with van der Waals surface area (Å²) in [6.45, 7) is 0.557. The third-order valence-electron chi connectivity index (χ3n) is 5.47. The number of carbonyl (C=O) groups excluding carboxylic acids is 1. The normalized spacial score (nSPS) is 26.2. The number of hydrogen-bond acceptors (Lipinski definition) is 3. The Morgan fingerprint density at radius 1 is 1.00 bits per heavy atom. The van der Waals surface area contributed by atoms with E-state index in [9.17, 15) is 4.79 Å². The van der Waals surface area contributed by atoms with Crippen LogP contribution in [-0.4, -0.2) is 25.3 Å². The smallest absolute Gasteiger partial charge is 0.340 e. The molecule has 1 atom stereocenters. The summed E-state index contributed by atoms with van der Waals surface area (Å²) in [5, 5.41) is 0. The van der Waals surface area contributed by atoms with Crippen LogP contribution in [0.5, 0.6) is 0 Å². The summed E-state index contributed by atoms with van der Waals surface area (Å²) in [6.07, 6.45) is 18.8. The van der Waals surface area contributed by atoms with Crippen molar-refractivity contribution in [2.45, 2.75) is 95.5 Å². The van der Waals surface area contributed by atoms with Gasteiger partial charge in [-0.25, -0.2) is 4.79 Å². The Hall–Kier alpha value is -0.570. The fraction of sp³-hybridized carbons (Fsp3) is 0.947. The Balaban J connectivity index is 1.45. The van der Waals surface area contributed by atoms with Crippen LogP contribution in [0.3, 0.4) is 0 Å². The molecular formula is C19H34O3. The van der Waals surface area contributed by atoms with Crippen LogP contribution in [0.15, 0.2) is 0 Å². The lowest BCUT2D eigenvalue weighted by molar-refractivity contribution is -0.147. The maximum Gasteiger partial charge on any atom is 0.340 e. The van der Waals surface area contributed by atoms with Crippen molar-refractivity contribution < 1.29 is 14.3 Å². The molecule has 0 spiro atoms. The van der Waals surface area contributed by atoms with Crippen LogP contribution in [0.25, 0.3) is 0 Å². The van der Waals surface area contributed by atoms with Gasteiger partial charge in [-0.15, -0.1) is 0 Å². The second-order valence-corrected chi connectivity index (χ2v) is 7.29. The molecule has 1 aliphatic heterocycles. The van der Waals surface area contributed by atoms with Crippen molar-refractivity contribution in [3.8, 4) is 0 Å². The van der Waals surface area contributed by atoms with Gasteiger partial charge in [0.2, 0.25) is 0 Å². The zero-order chi connectivity index (χ0) is 15.7. The zero-order valence-electron chi connectivity index (χ0n) is 14.4. The topological polar surface area (TPSA) is 38.8 Å². The van der Waals surface area contributed by atoms with Crippen LogP contribution in [0, 0.1) is 5.92 Å². The van der Waals surface area contributed by atoms with Gasteiger partial charge in [-0.1, -0.05) is 77.0 Å². The molecule has 0 bridgehead atoms. The average Bonchev–Trinajstić information content (AvgIpc) is 3.28. The standard InChI is InChI=1S/C19H34O3/c1-21-18(20)19(16-22-19)15-11-7-3-6-10-14-17-12-8-4-2-5-9-13-17/h17H,2-16H2,1H3. The average molecular weight is 310 g/mol. The van der Waals surface area contributed by atoms with Crippen molar-refractivity contribution in [2.24, 2.45) is 5.92 Å². The number of esters is 1. The largest absolute Gasteiger partial charge is 0.467 e. The Morgan fingerprint density at radius 3 is 2.23 bits per heavy atom. The highest BCUT2D eigenvalue weighted by Crippen LogP contribution is 2.34. The van der Waals surface area contributed by atoms with E-state index in [1.807, 2.05) is 0 Å². The highest BCUT2D eigenvalue weighted by Gasteiger charge is 2.52. The lowest BCUT2D eigenvalue weighted by Crippen LogP contribution is -2.25. The maximum absolute atomic E-state index is 11.5.